The molecule has 14 heteroatoms. The first kappa shape index (κ1) is 26.7. The standard InChI is InChI=1S/C25H22F4N4O5S/c1-39(36,37)11-19(34)30-21-20(14-2-4-16(26)5-3-14)32-33-12-24(31-23(35)22(21)33)9-8-15-10-17(6-7-18(15)24)38-13-25(27,28)29/h2-7,10H,8-9,11-13H2,1H3,(H,30,34)(H,31,35)/t24-/m0/s1. The summed E-state index contributed by atoms with van der Waals surface area (Å²) in [5.74, 6) is -2.75. The number of hydrogen-bond acceptors (Lipinski definition) is 6. The Hall–Kier alpha value is -3.94. The van der Waals surface area contributed by atoms with Gasteiger partial charge in [-0.3, -0.25) is 14.3 Å². The topological polar surface area (TPSA) is 119 Å². The number of rotatable bonds is 6. The van der Waals surface area contributed by atoms with Crippen molar-refractivity contribution in [2.24, 2.45) is 0 Å². The summed E-state index contributed by atoms with van der Waals surface area (Å²) in [6, 6.07) is 9.73. The highest BCUT2D eigenvalue weighted by atomic mass is 32.2. The van der Waals surface area contributed by atoms with Crippen LogP contribution in [0.25, 0.3) is 11.3 Å². The van der Waals surface area contributed by atoms with Crippen LogP contribution in [0.5, 0.6) is 5.75 Å². The zero-order valence-corrected chi connectivity index (χ0v) is 21.2. The molecule has 2 aliphatic rings. The Balaban J connectivity index is 1.52. The van der Waals surface area contributed by atoms with Crippen molar-refractivity contribution in [3.63, 3.8) is 0 Å². The fourth-order valence-electron chi connectivity index (χ4n) is 5.00. The number of ether oxygens (including phenoxy) is 1. The molecule has 1 aliphatic carbocycles. The van der Waals surface area contributed by atoms with Crippen LogP contribution in [-0.2, 0) is 33.1 Å². The number of hydrogen-bond donors (Lipinski definition) is 2. The highest BCUT2D eigenvalue weighted by Gasteiger charge is 2.46. The smallest absolute Gasteiger partial charge is 0.422 e. The third kappa shape index (κ3) is 5.46. The number of sulfone groups is 1. The number of halogens is 4. The second-order valence-electron chi connectivity index (χ2n) is 9.61. The van der Waals surface area contributed by atoms with E-state index in [9.17, 15) is 35.6 Å². The van der Waals surface area contributed by atoms with Gasteiger partial charge in [0.15, 0.2) is 22.1 Å². The molecule has 0 saturated carbocycles. The van der Waals surface area contributed by atoms with Gasteiger partial charge in [-0.05, 0) is 60.4 Å². The lowest BCUT2D eigenvalue weighted by Crippen LogP contribution is -2.52. The monoisotopic (exact) mass is 566 g/mol. The maximum Gasteiger partial charge on any atom is 0.422 e. The van der Waals surface area contributed by atoms with Crippen molar-refractivity contribution < 1.29 is 40.3 Å². The SMILES string of the molecule is CS(=O)(=O)CC(=O)Nc1c(-c2ccc(F)cc2)nn2c1C(=O)N[C@@]1(CCc3cc(OCC(F)(F)F)ccc31)C2. The van der Waals surface area contributed by atoms with E-state index in [0.717, 1.165) is 6.26 Å². The van der Waals surface area contributed by atoms with E-state index in [0.29, 0.717) is 29.5 Å². The number of carbonyl (C=O) groups excluding carboxylic acids is 2. The van der Waals surface area contributed by atoms with Gasteiger partial charge in [0.05, 0.1) is 12.1 Å². The summed E-state index contributed by atoms with van der Waals surface area (Å²) in [5, 5.41) is 9.99. The minimum absolute atomic E-state index is 0.0135. The van der Waals surface area contributed by atoms with Gasteiger partial charge in [0, 0.05) is 11.8 Å². The van der Waals surface area contributed by atoms with Gasteiger partial charge in [-0.25, -0.2) is 12.8 Å². The summed E-state index contributed by atoms with van der Waals surface area (Å²) in [5.41, 5.74) is 0.981. The summed E-state index contributed by atoms with van der Waals surface area (Å²) in [4.78, 5) is 26.0. The molecule has 206 valence electrons. The molecule has 1 spiro atoms. The molecule has 2 N–H and O–H groups in total. The lowest BCUT2D eigenvalue weighted by atomic mass is 9.89. The average Bonchev–Trinajstić information content (AvgIpc) is 3.35. The molecule has 9 nitrogen and oxygen atoms in total. The highest BCUT2D eigenvalue weighted by molar-refractivity contribution is 7.91. The summed E-state index contributed by atoms with van der Waals surface area (Å²) in [6.07, 6.45) is -2.70. The first-order valence-electron chi connectivity index (χ1n) is 11.7. The predicted molar refractivity (Wildman–Crippen MR) is 131 cm³/mol. The van der Waals surface area contributed by atoms with Crippen molar-refractivity contribution >= 4 is 27.3 Å². The Bertz CT molecular complexity index is 1580. The van der Waals surface area contributed by atoms with Crippen LogP contribution < -0.4 is 15.4 Å². The summed E-state index contributed by atoms with van der Waals surface area (Å²) < 4.78 is 80.8. The maximum atomic E-state index is 13.6. The number of anilines is 1. The van der Waals surface area contributed by atoms with Crippen molar-refractivity contribution in [2.45, 2.75) is 31.1 Å². The van der Waals surface area contributed by atoms with Gasteiger partial charge in [-0.1, -0.05) is 6.07 Å². The van der Waals surface area contributed by atoms with Gasteiger partial charge in [0.1, 0.15) is 28.7 Å². The van der Waals surface area contributed by atoms with Gasteiger partial charge in [-0.2, -0.15) is 18.3 Å². The van der Waals surface area contributed by atoms with Crippen LogP contribution in [0.1, 0.15) is 28.0 Å². The molecule has 0 bridgehead atoms. The van der Waals surface area contributed by atoms with Gasteiger partial charge >= 0.3 is 6.18 Å². The van der Waals surface area contributed by atoms with Crippen molar-refractivity contribution in [1.82, 2.24) is 15.1 Å². The van der Waals surface area contributed by atoms with E-state index < -0.39 is 51.5 Å². The quantitative estimate of drug-likeness (QED) is 0.443. The Morgan fingerprint density at radius 3 is 2.59 bits per heavy atom. The molecule has 0 unspecified atom stereocenters. The average molecular weight is 567 g/mol. The summed E-state index contributed by atoms with van der Waals surface area (Å²) >= 11 is 0. The number of nitrogens with zero attached hydrogens (tertiary/aromatic N) is 2. The molecule has 39 heavy (non-hydrogen) atoms. The normalized spacial score (nSPS) is 18.4. The lowest BCUT2D eigenvalue weighted by molar-refractivity contribution is -0.153. The molecule has 0 radical (unpaired) electrons. The third-order valence-corrected chi connectivity index (χ3v) is 7.32. The van der Waals surface area contributed by atoms with Gasteiger partial charge in [0.2, 0.25) is 5.91 Å². The molecule has 2 heterocycles. The number of carbonyl (C=O) groups is 2. The molecular weight excluding hydrogens is 544 g/mol. The van der Waals surface area contributed by atoms with E-state index >= 15 is 0 Å². The van der Waals surface area contributed by atoms with E-state index in [-0.39, 0.29) is 29.4 Å². The largest absolute Gasteiger partial charge is 0.484 e. The van der Waals surface area contributed by atoms with E-state index in [1.807, 2.05) is 0 Å². The number of nitrogens with one attached hydrogen (secondary N) is 2. The molecule has 2 aromatic carbocycles. The molecule has 5 rings (SSSR count). The Morgan fingerprint density at radius 2 is 1.92 bits per heavy atom. The van der Waals surface area contributed by atoms with Crippen molar-refractivity contribution in [3.05, 3.63) is 65.1 Å². The Labute approximate surface area is 220 Å². The van der Waals surface area contributed by atoms with E-state index in [1.165, 1.54) is 41.1 Å². The molecule has 2 amide bonds. The molecule has 1 atom stereocenters. The van der Waals surface area contributed by atoms with Crippen LogP contribution in [0.3, 0.4) is 0 Å². The lowest BCUT2D eigenvalue weighted by Gasteiger charge is -2.36. The molecule has 0 saturated heterocycles. The minimum atomic E-state index is -4.48. The minimum Gasteiger partial charge on any atom is -0.484 e. The third-order valence-electron chi connectivity index (χ3n) is 6.53. The number of alkyl halides is 3. The second-order valence-corrected chi connectivity index (χ2v) is 11.8. The van der Waals surface area contributed by atoms with Crippen LogP contribution in [-0.4, -0.2) is 54.8 Å². The second kappa shape index (κ2) is 9.36. The predicted octanol–water partition coefficient (Wildman–Crippen LogP) is 3.20. The number of amides is 2. The molecule has 1 aliphatic heterocycles. The van der Waals surface area contributed by atoms with Crippen LogP contribution in [0.2, 0.25) is 0 Å². The van der Waals surface area contributed by atoms with E-state index in [2.05, 4.69) is 15.7 Å². The first-order valence-corrected chi connectivity index (χ1v) is 13.8. The molecule has 1 aromatic heterocycles. The van der Waals surface area contributed by atoms with Crippen LogP contribution >= 0.6 is 0 Å². The Kier molecular flexibility index (Phi) is 6.40. The molecule has 3 aromatic rings. The van der Waals surface area contributed by atoms with Gasteiger partial charge in [0.25, 0.3) is 5.91 Å². The molecular formula is C25H22F4N4O5S. The highest BCUT2D eigenvalue weighted by Crippen LogP contribution is 2.44. The zero-order valence-electron chi connectivity index (χ0n) is 20.4. The van der Waals surface area contributed by atoms with Crippen LogP contribution in [0.15, 0.2) is 42.5 Å². The van der Waals surface area contributed by atoms with Gasteiger partial charge < -0.3 is 15.4 Å². The fourth-order valence-corrected chi connectivity index (χ4v) is 5.54. The molecule has 0 fully saturated rings. The van der Waals surface area contributed by atoms with Crippen molar-refractivity contribution in [3.8, 4) is 17.0 Å². The maximum absolute atomic E-state index is 13.6. The van der Waals surface area contributed by atoms with Crippen LogP contribution in [0.4, 0.5) is 23.2 Å². The Morgan fingerprint density at radius 1 is 1.21 bits per heavy atom. The van der Waals surface area contributed by atoms with E-state index in [1.54, 1.807) is 6.07 Å². The fraction of sp³-hybridized carbons (Fsp3) is 0.320. The number of benzene rings is 2. The number of aryl methyl sites for hydroxylation is 1. The number of aromatic nitrogens is 2. The first-order chi connectivity index (χ1) is 18.2. The van der Waals surface area contributed by atoms with E-state index in [4.69, 9.17) is 4.74 Å². The number of fused-ring (bicyclic) bond motifs is 3. The van der Waals surface area contributed by atoms with Crippen molar-refractivity contribution in [2.75, 3.05) is 23.9 Å². The van der Waals surface area contributed by atoms with Gasteiger partial charge in [-0.15, -0.1) is 0 Å². The summed E-state index contributed by atoms with van der Waals surface area (Å²) in [6.45, 7) is -1.30. The van der Waals surface area contributed by atoms with Crippen LogP contribution in [0, 0.1) is 5.82 Å². The summed E-state index contributed by atoms with van der Waals surface area (Å²) in [7, 11) is -3.67. The van der Waals surface area contributed by atoms with Crippen molar-refractivity contribution in [1.29, 1.82) is 0 Å². The zero-order chi connectivity index (χ0) is 28.2.